The number of piperidine rings is 1. The first kappa shape index (κ1) is 27.4. The molecule has 0 bridgehead atoms. The Morgan fingerprint density at radius 3 is 2.18 bits per heavy atom. The summed E-state index contributed by atoms with van der Waals surface area (Å²) in [6.45, 7) is 1.94. The van der Waals surface area contributed by atoms with Gasteiger partial charge in [0.05, 0.1) is 19.1 Å². The first-order chi connectivity index (χ1) is 18.2. The molecule has 1 aliphatic heterocycles. The molecule has 0 unspecified atom stereocenters. The third-order valence-corrected chi connectivity index (χ3v) is 8.60. The number of methoxy groups -OCH3 is 2. The van der Waals surface area contributed by atoms with E-state index in [1.54, 1.807) is 44.6 Å². The van der Waals surface area contributed by atoms with E-state index in [9.17, 15) is 18.0 Å². The summed E-state index contributed by atoms with van der Waals surface area (Å²) < 4.78 is 38.6. The van der Waals surface area contributed by atoms with Crippen molar-refractivity contribution in [1.29, 1.82) is 0 Å². The Kier molecular flexibility index (Phi) is 8.53. The molecule has 3 aromatic carbocycles. The van der Waals surface area contributed by atoms with Gasteiger partial charge in [-0.25, -0.2) is 8.42 Å². The summed E-state index contributed by atoms with van der Waals surface area (Å²) in [7, 11) is -0.562. The van der Waals surface area contributed by atoms with Crippen molar-refractivity contribution in [2.24, 2.45) is 0 Å². The molecule has 3 aromatic rings. The van der Waals surface area contributed by atoms with Crippen LogP contribution in [0, 0.1) is 0 Å². The Hall–Kier alpha value is -3.63. The maximum Gasteiger partial charge on any atom is 0.243 e. The van der Waals surface area contributed by atoms with Gasteiger partial charge < -0.3 is 20.1 Å². The van der Waals surface area contributed by atoms with Gasteiger partial charge in [0, 0.05) is 38.5 Å². The second kappa shape index (κ2) is 11.8. The molecule has 2 amide bonds. The molecule has 1 atom stereocenters. The van der Waals surface area contributed by atoms with Crippen LogP contribution in [0.5, 0.6) is 11.5 Å². The highest BCUT2D eigenvalue weighted by molar-refractivity contribution is 7.89. The van der Waals surface area contributed by atoms with Crippen molar-refractivity contribution in [3.05, 3.63) is 66.2 Å². The van der Waals surface area contributed by atoms with Crippen molar-refractivity contribution in [3.8, 4) is 11.5 Å². The van der Waals surface area contributed by atoms with Crippen LogP contribution in [-0.4, -0.2) is 63.9 Å². The summed E-state index contributed by atoms with van der Waals surface area (Å²) >= 11 is 0. The number of fused-ring (bicyclic) bond motifs is 1. The van der Waals surface area contributed by atoms with E-state index >= 15 is 0 Å². The molecule has 0 radical (unpaired) electrons. The minimum Gasteiger partial charge on any atom is -0.497 e. The Morgan fingerprint density at radius 2 is 1.58 bits per heavy atom. The average molecular weight is 540 g/mol. The van der Waals surface area contributed by atoms with Gasteiger partial charge >= 0.3 is 0 Å². The number of amides is 2. The fraction of sp³-hybridized carbons (Fsp3) is 0.357. The van der Waals surface area contributed by atoms with Crippen molar-refractivity contribution >= 4 is 32.6 Å². The zero-order valence-electron chi connectivity index (χ0n) is 21.8. The fourth-order valence-electron chi connectivity index (χ4n) is 4.69. The molecule has 0 aliphatic carbocycles. The Labute approximate surface area is 223 Å². The van der Waals surface area contributed by atoms with E-state index in [0.29, 0.717) is 24.3 Å². The smallest absolute Gasteiger partial charge is 0.243 e. The van der Waals surface area contributed by atoms with Crippen LogP contribution in [0.4, 0.5) is 0 Å². The number of hydrogen-bond donors (Lipinski definition) is 2. The number of ether oxygens (including phenoxy) is 2. The van der Waals surface area contributed by atoms with Gasteiger partial charge in [-0.15, -0.1) is 0 Å². The second-order valence-corrected chi connectivity index (χ2v) is 11.3. The molecule has 202 valence electrons. The van der Waals surface area contributed by atoms with Crippen LogP contribution in [-0.2, 0) is 26.0 Å². The van der Waals surface area contributed by atoms with E-state index < -0.39 is 16.1 Å². The van der Waals surface area contributed by atoms with E-state index in [4.69, 9.17) is 9.47 Å². The minimum absolute atomic E-state index is 0.207. The Morgan fingerprint density at radius 1 is 0.947 bits per heavy atom. The van der Waals surface area contributed by atoms with Crippen molar-refractivity contribution in [2.45, 2.75) is 43.2 Å². The van der Waals surface area contributed by atoms with Crippen molar-refractivity contribution in [1.82, 2.24) is 14.9 Å². The van der Waals surface area contributed by atoms with Crippen molar-refractivity contribution in [2.75, 3.05) is 27.3 Å². The lowest BCUT2D eigenvalue weighted by Crippen LogP contribution is -2.53. The van der Waals surface area contributed by atoms with Crippen LogP contribution < -0.4 is 20.1 Å². The van der Waals surface area contributed by atoms with Crippen LogP contribution in [0.1, 0.15) is 25.3 Å². The number of sulfonamides is 1. The minimum atomic E-state index is -3.65. The number of hydrogen-bond acceptors (Lipinski definition) is 6. The molecule has 0 aromatic heterocycles. The largest absolute Gasteiger partial charge is 0.497 e. The normalized spacial score (nSPS) is 15.6. The van der Waals surface area contributed by atoms with Gasteiger partial charge in [-0.3, -0.25) is 9.59 Å². The van der Waals surface area contributed by atoms with E-state index in [0.717, 1.165) is 16.3 Å². The lowest BCUT2D eigenvalue weighted by Gasteiger charge is -2.32. The summed E-state index contributed by atoms with van der Waals surface area (Å²) in [4.78, 5) is 25.3. The van der Waals surface area contributed by atoms with Gasteiger partial charge in [0.2, 0.25) is 21.8 Å². The number of rotatable bonds is 9. The average Bonchev–Trinajstić information content (AvgIpc) is 2.92. The third kappa shape index (κ3) is 6.43. The van der Waals surface area contributed by atoms with Gasteiger partial charge in [-0.2, -0.15) is 4.31 Å². The van der Waals surface area contributed by atoms with Gasteiger partial charge in [-0.05, 0) is 53.4 Å². The lowest BCUT2D eigenvalue weighted by atomic mass is 10.0. The van der Waals surface area contributed by atoms with E-state index in [-0.39, 0.29) is 42.3 Å². The van der Waals surface area contributed by atoms with E-state index in [2.05, 4.69) is 10.6 Å². The molecular weight excluding hydrogens is 506 g/mol. The molecule has 0 saturated carbocycles. The number of benzene rings is 3. The summed E-state index contributed by atoms with van der Waals surface area (Å²) in [6, 6.07) is 17.1. The Bertz CT molecular complexity index is 1390. The summed E-state index contributed by atoms with van der Waals surface area (Å²) in [5, 5.41) is 7.57. The van der Waals surface area contributed by atoms with Crippen LogP contribution in [0.2, 0.25) is 0 Å². The fourth-order valence-corrected chi connectivity index (χ4v) is 6.20. The molecule has 4 rings (SSSR count). The first-order valence-corrected chi connectivity index (χ1v) is 13.9. The molecule has 1 fully saturated rings. The second-order valence-electron chi connectivity index (χ2n) is 9.37. The molecule has 10 heteroatoms. The van der Waals surface area contributed by atoms with Gasteiger partial charge in [-0.1, -0.05) is 30.3 Å². The highest BCUT2D eigenvalue weighted by Crippen LogP contribution is 2.25. The van der Waals surface area contributed by atoms with Crippen LogP contribution >= 0.6 is 0 Å². The van der Waals surface area contributed by atoms with Crippen LogP contribution in [0.25, 0.3) is 10.8 Å². The first-order valence-electron chi connectivity index (χ1n) is 12.5. The van der Waals surface area contributed by atoms with Gasteiger partial charge in [0.15, 0.2) is 0 Å². The zero-order valence-corrected chi connectivity index (χ0v) is 22.6. The highest BCUT2D eigenvalue weighted by atomic mass is 32.2. The summed E-state index contributed by atoms with van der Waals surface area (Å²) in [5.74, 6) is 0.525. The quantitative estimate of drug-likeness (QED) is 0.432. The molecule has 1 aliphatic rings. The van der Waals surface area contributed by atoms with Gasteiger partial charge in [0.25, 0.3) is 0 Å². The third-order valence-electron chi connectivity index (χ3n) is 6.70. The van der Waals surface area contributed by atoms with Crippen LogP contribution in [0.15, 0.2) is 65.6 Å². The predicted molar refractivity (Wildman–Crippen MR) is 145 cm³/mol. The predicted octanol–water partition coefficient (Wildman–Crippen LogP) is 2.87. The van der Waals surface area contributed by atoms with Crippen molar-refractivity contribution in [3.63, 3.8) is 0 Å². The van der Waals surface area contributed by atoms with E-state index in [1.807, 2.05) is 30.3 Å². The molecule has 2 N–H and O–H groups in total. The lowest BCUT2D eigenvalue weighted by molar-refractivity contribution is -0.128. The molecule has 9 nitrogen and oxygen atoms in total. The molecule has 1 heterocycles. The standard InChI is InChI=1S/C28H33N3O6S/c1-19(32)29-27(16-20-14-24(36-2)18-25(15-20)37-3)28(33)30-23-10-12-31(13-11-23)38(34,35)26-9-8-21-6-4-5-7-22(21)17-26/h4-9,14-15,17-18,23,27H,10-13,16H2,1-3H3,(H,29,32)(H,30,33)/t27-/m0/s1. The highest BCUT2D eigenvalue weighted by Gasteiger charge is 2.31. The van der Waals surface area contributed by atoms with Gasteiger partial charge in [0.1, 0.15) is 17.5 Å². The number of carbonyl (C=O) groups is 2. The zero-order chi connectivity index (χ0) is 27.3. The topological polar surface area (TPSA) is 114 Å². The monoisotopic (exact) mass is 539 g/mol. The maximum absolute atomic E-state index is 13.3. The van der Waals surface area contributed by atoms with Crippen LogP contribution in [0.3, 0.4) is 0 Å². The van der Waals surface area contributed by atoms with Crippen molar-refractivity contribution < 1.29 is 27.5 Å². The summed E-state index contributed by atoms with van der Waals surface area (Å²) in [6.07, 6.45) is 1.19. The molecule has 38 heavy (non-hydrogen) atoms. The maximum atomic E-state index is 13.3. The Balaban J connectivity index is 1.40. The summed E-state index contributed by atoms with van der Waals surface area (Å²) in [5.41, 5.74) is 0.770. The molecule has 1 saturated heterocycles. The molecular formula is C28H33N3O6S. The molecule has 0 spiro atoms. The van der Waals surface area contributed by atoms with E-state index in [1.165, 1.54) is 11.2 Å². The number of carbonyl (C=O) groups excluding carboxylic acids is 2. The number of nitrogens with zero attached hydrogens (tertiary/aromatic N) is 1. The SMILES string of the molecule is COc1cc(C[C@H](NC(C)=O)C(=O)NC2CCN(S(=O)(=O)c3ccc4ccccc4c3)CC2)cc(OC)c1. The number of nitrogens with one attached hydrogen (secondary N) is 2.